The van der Waals surface area contributed by atoms with Gasteiger partial charge in [-0.25, -0.2) is 29.9 Å². The van der Waals surface area contributed by atoms with Gasteiger partial charge in [0.05, 0.1) is 31.9 Å². The normalized spacial score (nSPS) is 12.3. The molecule has 0 atom stereocenters. The summed E-state index contributed by atoms with van der Waals surface area (Å²) in [5, 5.41) is 5.64. The first-order valence-corrected chi connectivity index (χ1v) is 24.7. The van der Waals surface area contributed by atoms with E-state index in [0.717, 1.165) is 76.8 Å². The molecular weight excluding hydrogens is 921 g/mol. The average Bonchev–Trinajstić information content (AvgIpc) is 3.94. The average molecular weight is 964 g/mol. The summed E-state index contributed by atoms with van der Waals surface area (Å²) in [5.74, 6) is 1.58. The van der Waals surface area contributed by atoms with Gasteiger partial charge >= 0.3 is 0 Å². The third kappa shape index (κ3) is 7.01. The molecule has 0 spiro atoms. The van der Waals surface area contributed by atoms with Gasteiger partial charge in [0.25, 0.3) is 0 Å². The van der Waals surface area contributed by atoms with Crippen molar-refractivity contribution < 1.29 is 8.53 Å². The van der Waals surface area contributed by atoms with Crippen molar-refractivity contribution in [1.29, 1.82) is 0 Å². The van der Waals surface area contributed by atoms with Crippen LogP contribution in [0.1, 0.15) is 4.11 Å². The predicted molar refractivity (Wildman–Crippen MR) is 302 cm³/mol. The number of hydrogen-bond donors (Lipinski definition) is 0. The molecule has 5 aromatic heterocycles. The summed E-state index contributed by atoms with van der Waals surface area (Å²) in [5.41, 5.74) is 9.33. The van der Waals surface area contributed by atoms with E-state index in [2.05, 4.69) is 51.6 Å². The molecule has 0 saturated carbocycles. The zero-order chi connectivity index (χ0) is 52.0. The Morgan fingerprint density at radius 1 is 0.333 bits per heavy atom. The number of aromatic nitrogens is 8. The van der Waals surface area contributed by atoms with Crippen LogP contribution in [0, 0.1) is 0 Å². The van der Waals surface area contributed by atoms with Crippen molar-refractivity contribution in [2.75, 3.05) is 0 Å². The first-order valence-electron chi connectivity index (χ1n) is 26.2. The fraction of sp³-hybridized carbons (Fsp3) is 0. The molecule has 0 unspecified atom stereocenters. The third-order valence-electron chi connectivity index (χ3n) is 13.9. The number of benzene rings is 10. The molecule has 0 radical (unpaired) electrons. The second-order valence-corrected chi connectivity index (χ2v) is 18.4. The lowest BCUT2D eigenvalue weighted by molar-refractivity contribution is 0.669. The number of para-hydroxylation sites is 4. The third-order valence-corrected chi connectivity index (χ3v) is 13.9. The Balaban J connectivity index is 1.09. The van der Waals surface area contributed by atoms with Crippen LogP contribution in [0.2, 0.25) is 0 Å². The van der Waals surface area contributed by atoms with E-state index in [1.807, 2.05) is 182 Å². The smallest absolute Gasteiger partial charge is 0.166 e. The van der Waals surface area contributed by atoms with Gasteiger partial charge in [-0.05, 0) is 72.7 Å². The van der Waals surface area contributed by atoms with Gasteiger partial charge in [0.1, 0.15) is 11.2 Å². The van der Waals surface area contributed by atoms with E-state index in [4.69, 9.17) is 34.3 Å². The molecule has 0 aliphatic rings. The highest BCUT2D eigenvalue weighted by molar-refractivity contribution is 6.26. The number of fused-ring (bicyclic) bond motifs is 10. The lowest BCUT2D eigenvalue weighted by Gasteiger charge is -2.17. The molecule has 9 heteroatoms. The SMILES string of the molecule is [2H]c1c([2H])c(-n2c3ccccc3c3ccc4c(c5ccccc5n4-c4ccccc4)c32)c(-c2nc(-c3ccccc3)nc(-c3ccccc3)n2)c([2H])c1-c1nc(-c2ccccc2)nc(-c2ccc3oc4ccccc4c3c2)n1. The van der Waals surface area contributed by atoms with E-state index >= 15 is 0 Å². The van der Waals surface area contributed by atoms with Gasteiger partial charge in [-0.2, -0.15) is 0 Å². The minimum atomic E-state index is -0.253. The lowest BCUT2D eigenvalue weighted by Crippen LogP contribution is -2.05. The second-order valence-electron chi connectivity index (χ2n) is 18.4. The fourth-order valence-electron chi connectivity index (χ4n) is 10.6. The lowest BCUT2D eigenvalue weighted by atomic mass is 10.0. The molecule has 15 rings (SSSR count). The topological polar surface area (TPSA) is 100 Å². The summed E-state index contributed by atoms with van der Waals surface area (Å²) >= 11 is 0. The van der Waals surface area contributed by atoms with Crippen LogP contribution in [0.15, 0.2) is 247 Å². The summed E-state index contributed by atoms with van der Waals surface area (Å²) in [6.45, 7) is 0. The van der Waals surface area contributed by atoms with Crippen LogP contribution in [-0.2, 0) is 0 Å². The van der Waals surface area contributed by atoms with Crippen molar-refractivity contribution >= 4 is 65.6 Å². The summed E-state index contributed by atoms with van der Waals surface area (Å²) in [7, 11) is 0. The van der Waals surface area contributed by atoms with E-state index in [9.17, 15) is 4.11 Å². The Labute approximate surface area is 433 Å². The largest absolute Gasteiger partial charge is 0.456 e. The van der Waals surface area contributed by atoms with Gasteiger partial charge in [-0.3, -0.25) is 0 Å². The van der Waals surface area contributed by atoms with Crippen molar-refractivity contribution in [3.8, 4) is 79.7 Å². The van der Waals surface area contributed by atoms with Crippen LogP contribution in [0.4, 0.5) is 0 Å². The van der Waals surface area contributed by atoms with Gasteiger partial charge in [-0.1, -0.05) is 170 Å². The number of nitrogens with zero attached hydrogens (tertiary/aromatic N) is 8. The van der Waals surface area contributed by atoms with Crippen LogP contribution in [0.3, 0.4) is 0 Å². The summed E-state index contributed by atoms with van der Waals surface area (Å²) in [6.07, 6.45) is 0. The van der Waals surface area contributed by atoms with Gasteiger partial charge < -0.3 is 13.6 Å². The van der Waals surface area contributed by atoms with Gasteiger partial charge in [0, 0.05) is 71.4 Å². The highest BCUT2D eigenvalue weighted by atomic mass is 16.3. The first-order chi connectivity index (χ1) is 38.4. The Morgan fingerprint density at radius 2 is 0.827 bits per heavy atom. The monoisotopic (exact) mass is 963 g/mol. The van der Waals surface area contributed by atoms with Crippen LogP contribution >= 0.6 is 0 Å². The highest BCUT2D eigenvalue weighted by Crippen LogP contribution is 2.44. The van der Waals surface area contributed by atoms with Gasteiger partial charge in [0.2, 0.25) is 0 Å². The summed E-state index contributed by atoms with van der Waals surface area (Å²) in [4.78, 5) is 30.9. The van der Waals surface area contributed by atoms with Crippen molar-refractivity contribution in [3.63, 3.8) is 0 Å². The molecule has 0 aliphatic heterocycles. The Morgan fingerprint density at radius 3 is 1.47 bits per heavy atom. The van der Waals surface area contributed by atoms with Gasteiger partial charge in [0.15, 0.2) is 34.9 Å². The maximum absolute atomic E-state index is 10.8. The molecule has 0 bridgehead atoms. The molecule has 9 nitrogen and oxygen atoms in total. The van der Waals surface area contributed by atoms with Crippen molar-refractivity contribution in [2.24, 2.45) is 0 Å². The molecule has 0 saturated heterocycles. The van der Waals surface area contributed by atoms with E-state index in [-0.39, 0.29) is 46.6 Å². The first kappa shape index (κ1) is 39.3. The molecule has 10 aromatic carbocycles. The highest BCUT2D eigenvalue weighted by Gasteiger charge is 2.25. The number of rotatable bonds is 8. The number of furan rings is 1. The Kier molecular flexibility index (Phi) is 8.98. The van der Waals surface area contributed by atoms with Crippen LogP contribution in [0.25, 0.3) is 145 Å². The molecule has 0 amide bonds. The van der Waals surface area contributed by atoms with E-state index in [1.54, 1.807) is 0 Å². The molecule has 0 fully saturated rings. The van der Waals surface area contributed by atoms with Crippen molar-refractivity contribution in [3.05, 3.63) is 243 Å². The Bertz CT molecular complexity index is 4830. The van der Waals surface area contributed by atoms with E-state index in [0.29, 0.717) is 40.0 Å². The predicted octanol–water partition coefficient (Wildman–Crippen LogP) is 16.2. The minimum absolute atomic E-state index is 0.0175. The molecule has 15 aromatic rings. The van der Waals surface area contributed by atoms with E-state index < -0.39 is 0 Å². The van der Waals surface area contributed by atoms with Crippen LogP contribution < -0.4 is 0 Å². The second kappa shape index (κ2) is 17.1. The molecule has 5 heterocycles. The maximum atomic E-state index is 10.8. The van der Waals surface area contributed by atoms with E-state index in [1.165, 1.54) is 0 Å². The molecule has 350 valence electrons. The number of hydrogen-bond acceptors (Lipinski definition) is 7. The van der Waals surface area contributed by atoms with Crippen molar-refractivity contribution in [2.45, 2.75) is 0 Å². The van der Waals surface area contributed by atoms with Crippen LogP contribution in [-0.4, -0.2) is 39.0 Å². The molecule has 0 aliphatic carbocycles. The van der Waals surface area contributed by atoms with Crippen molar-refractivity contribution in [1.82, 2.24) is 39.0 Å². The summed E-state index contributed by atoms with van der Waals surface area (Å²) in [6, 6.07) is 73.2. The maximum Gasteiger partial charge on any atom is 0.166 e. The van der Waals surface area contributed by atoms with Crippen LogP contribution in [0.5, 0.6) is 0 Å². The summed E-state index contributed by atoms with van der Waals surface area (Å²) < 4.78 is 42.2. The quantitative estimate of drug-likeness (QED) is 0.149. The van der Waals surface area contributed by atoms with Gasteiger partial charge in [-0.15, -0.1) is 0 Å². The Hall–Kier alpha value is -10.4. The standard InChI is InChI=1S/C66H40N8O/c1-5-19-41(20-6-1)61-68-64(70-65(69-61)45-34-38-58-51(39-45)48-28-15-18-32-57(48)75-58)44-33-36-55(52(40-44)66-71-62(42-21-7-2-8-22-42)67-63(72-66)43-23-9-3-10-24-43)74-53-30-16-13-27-47(53)49-35-37-56-59(60(49)74)50-29-14-17-31-54(50)73(56)46-25-11-4-12-26-46/h1-40H/i33D,36D,40D. The molecule has 0 N–H and O–H groups in total. The minimum Gasteiger partial charge on any atom is -0.456 e. The zero-order valence-corrected chi connectivity index (χ0v) is 39.8. The molecular formula is C66H40N8O. The zero-order valence-electron chi connectivity index (χ0n) is 42.8. The molecule has 75 heavy (non-hydrogen) atoms. The fourth-order valence-corrected chi connectivity index (χ4v) is 10.6.